The third-order valence-corrected chi connectivity index (χ3v) is 7.44. The van der Waals surface area contributed by atoms with E-state index in [4.69, 9.17) is 11.1 Å². The zero-order chi connectivity index (χ0) is 25.0. The Morgan fingerprint density at radius 2 is 1.54 bits per heavy atom. The molecule has 0 aliphatic heterocycles. The minimum Gasteiger partial charge on any atom is -0.384 e. The number of sulfone groups is 1. The molecule has 35 heavy (non-hydrogen) atoms. The van der Waals surface area contributed by atoms with Crippen molar-refractivity contribution in [2.45, 2.75) is 23.1 Å². The van der Waals surface area contributed by atoms with E-state index in [0.717, 1.165) is 11.1 Å². The molecule has 7 heteroatoms. The van der Waals surface area contributed by atoms with E-state index in [1.54, 1.807) is 48.5 Å². The van der Waals surface area contributed by atoms with Gasteiger partial charge >= 0.3 is 0 Å². The average molecular weight is 484 g/mol. The molecule has 0 unspecified atom stereocenters. The van der Waals surface area contributed by atoms with Crippen LogP contribution in [-0.4, -0.2) is 20.2 Å². The summed E-state index contributed by atoms with van der Waals surface area (Å²) in [5.74, 6) is -0.443. The molecule has 0 aromatic heterocycles. The number of anilines is 1. The number of carbonyl (C=O) groups excluding carboxylic acids is 1. The number of amides is 1. The van der Waals surface area contributed by atoms with Gasteiger partial charge in [0.25, 0.3) is 0 Å². The van der Waals surface area contributed by atoms with Crippen LogP contribution in [0.2, 0.25) is 0 Å². The van der Waals surface area contributed by atoms with Crippen LogP contribution in [0.1, 0.15) is 16.7 Å². The molecule has 0 fully saturated rings. The molecule has 0 aliphatic carbocycles. The molecule has 176 valence electrons. The number of aryl methyl sites for hydroxylation is 1. The highest BCUT2D eigenvalue weighted by molar-refractivity contribution is 7.91. The van der Waals surface area contributed by atoms with E-state index in [1.165, 1.54) is 18.2 Å². The van der Waals surface area contributed by atoms with Crippen LogP contribution in [0.5, 0.6) is 0 Å². The average Bonchev–Trinajstić information content (AvgIpc) is 2.86. The molecule has 0 bridgehead atoms. The Labute approximate surface area is 204 Å². The maximum atomic E-state index is 13.4. The molecule has 4 aromatic carbocycles. The summed E-state index contributed by atoms with van der Waals surface area (Å²) in [7, 11) is -3.90. The minimum atomic E-state index is -3.90. The van der Waals surface area contributed by atoms with Gasteiger partial charge in [0.2, 0.25) is 15.7 Å². The summed E-state index contributed by atoms with van der Waals surface area (Å²) in [6, 6.07) is 27.5. The van der Waals surface area contributed by atoms with Crippen LogP contribution in [0, 0.1) is 12.3 Å². The fraction of sp³-hybridized carbons (Fsp3) is 0.0714. The molecular weight excluding hydrogens is 458 g/mol. The third kappa shape index (κ3) is 5.31. The predicted octanol–water partition coefficient (Wildman–Crippen LogP) is 4.96. The molecule has 0 spiro atoms. The molecule has 4 aromatic rings. The quantitative estimate of drug-likeness (QED) is 0.255. The summed E-state index contributed by atoms with van der Waals surface area (Å²) in [6.45, 7) is 1.97. The second-order valence-electron chi connectivity index (χ2n) is 8.20. The fourth-order valence-electron chi connectivity index (χ4n) is 3.81. The molecule has 4 N–H and O–H groups in total. The van der Waals surface area contributed by atoms with Crippen LogP contribution >= 0.6 is 0 Å². The zero-order valence-electron chi connectivity index (χ0n) is 19.2. The summed E-state index contributed by atoms with van der Waals surface area (Å²) in [5, 5.41) is 10.7. The Morgan fingerprint density at radius 1 is 0.886 bits per heavy atom. The number of benzene rings is 4. The van der Waals surface area contributed by atoms with Crippen molar-refractivity contribution in [2.24, 2.45) is 5.73 Å². The number of nitrogens with two attached hydrogens (primary N) is 1. The van der Waals surface area contributed by atoms with Gasteiger partial charge in [0, 0.05) is 5.56 Å². The molecule has 6 nitrogen and oxygen atoms in total. The molecule has 0 radical (unpaired) electrons. The van der Waals surface area contributed by atoms with Gasteiger partial charge in [0.15, 0.2) is 0 Å². The van der Waals surface area contributed by atoms with E-state index in [-0.39, 0.29) is 33.6 Å². The molecule has 0 heterocycles. The molecule has 0 atom stereocenters. The Morgan fingerprint density at radius 3 is 2.23 bits per heavy atom. The standard InChI is InChI=1S/C28H25N3O3S/c1-19-11-13-20(14-12-19)17-27(32)31-25-18-21(23-9-5-6-10-24(23)28(29)30)15-16-26(25)35(33,34)22-7-3-2-4-8-22/h2-16,18H,17H2,1H3,(H3,29,30)(H,31,32). The van der Waals surface area contributed by atoms with Crippen LogP contribution in [0.3, 0.4) is 0 Å². The van der Waals surface area contributed by atoms with Gasteiger partial charge in [-0.05, 0) is 47.9 Å². The maximum Gasteiger partial charge on any atom is 0.228 e. The Bertz CT molecular complexity index is 1500. The summed E-state index contributed by atoms with van der Waals surface area (Å²) in [5.41, 5.74) is 9.65. The smallest absolute Gasteiger partial charge is 0.228 e. The largest absolute Gasteiger partial charge is 0.384 e. The van der Waals surface area contributed by atoms with Crippen molar-refractivity contribution in [3.8, 4) is 11.1 Å². The van der Waals surface area contributed by atoms with Crippen molar-refractivity contribution >= 4 is 27.3 Å². The van der Waals surface area contributed by atoms with Crippen LogP contribution in [-0.2, 0) is 21.1 Å². The number of nitrogens with one attached hydrogen (secondary N) is 2. The lowest BCUT2D eigenvalue weighted by molar-refractivity contribution is -0.115. The second-order valence-corrected chi connectivity index (χ2v) is 10.1. The van der Waals surface area contributed by atoms with Crippen LogP contribution < -0.4 is 11.1 Å². The zero-order valence-corrected chi connectivity index (χ0v) is 20.0. The number of hydrogen-bond donors (Lipinski definition) is 3. The SMILES string of the molecule is Cc1ccc(CC(=O)Nc2cc(-c3ccccc3C(=N)N)ccc2S(=O)(=O)c2ccccc2)cc1. The van der Waals surface area contributed by atoms with E-state index >= 15 is 0 Å². The Balaban J connectivity index is 1.79. The van der Waals surface area contributed by atoms with Gasteiger partial charge in [-0.25, -0.2) is 8.42 Å². The van der Waals surface area contributed by atoms with Gasteiger partial charge in [-0.1, -0.05) is 78.4 Å². The molecule has 1 amide bonds. The predicted molar refractivity (Wildman–Crippen MR) is 138 cm³/mol. The summed E-state index contributed by atoms with van der Waals surface area (Å²) in [4.78, 5) is 13.1. The molecule has 0 aliphatic rings. The van der Waals surface area contributed by atoms with E-state index in [1.807, 2.05) is 37.3 Å². The lowest BCUT2D eigenvalue weighted by atomic mass is 9.98. The molecular formula is C28H25N3O3S. The minimum absolute atomic E-state index is 0.00925. The third-order valence-electron chi connectivity index (χ3n) is 5.61. The van der Waals surface area contributed by atoms with Crippen molar-refractivity contribution in [3.05, 3.63) is 114 Å². The highest BCUT2D eigenvalue weighted by Crippen LogP contribution is 2.33. The number of amidine groups is 1. The maximum absolute atomic E-state index is 13.4. The summed E-state index contributed by atoms with van der Waals surface area (Å²) < 4.78 is 26.9. The first kappa shape index (κ1) is 23.9. The first-order valence-corrected chi connectivity index (χ1v) is 12.5. The molecule has 0 saturated heterocycles. The van der Waals surface area contributed by atoms with Gasteiger partial charge < -0.3 is 11.1 Å². The number of hydrogen-bond acceptors (Lipinski definition) is 4. The lowest BCUT2D eigenvalue weighted by Crippen LogP contribution is -2.17. The van der Waals surface area contributed by atoms with Gasteiger partial charge in [0.05, 0.1) is 21.9 Å². The van der Waals surface area contributed by atoms with Crippen molar-refractivity contribution in [3.63, 3.8) is 0 Å². The first-order chi connectivity index (χ1) is 16.8. The van der Waals surface area contributed by atoms with Crippen molar-refractivity contribution in [1.82, 2.24) is 0 Å². The number of rotatable bonds is 7. The van der Waals surface area contributed by atoms with Crippen LogP contribution in [0.25, 0.3) is 11.1 Å². The van der Waals surface area contributed by atoms with Crippen molar-refractivity contribution < 1.29 is 13.2 Å². The Hall–Kier alpha value is -4.23. The highest BCUT2D eigenvalue weighted by Gasteiger charge is 2.23. The topological polar surface area (TPSA) is 113 Å². The first-order valence-electron chi connectivity index (χ1n) is 11.0. The summed E-state index contributed by atoms with van der Waals surface area (Å²) in [6.07, 6.45) is 0.0966. The van der Waals surface area contributed by atoms with Gasteiger partial charge in [-0.2, -0.15) is 0 Å². The Kier molecular flexibility index (Phi) is 6.80. The van der Waals surface area contributed by atoms with Gasteiger partial charge in [-0.15, -0.1) is 0 Å². The second kappa shape index (κ2) is 9.95. The number of carbonyl (C=O) groups is 1. The lowest BCUT2D eigenvalue weighted by Gasteiger charge is -2.15. The van der Waals surface area contributed by atoms with Crippen molar-refractivity contribution in [2.75, 3.05) is 5.32 Å². The van der Waals surface area contributed by atoms with E-state index < -0.39 is 9.84 Å². The summed E-state index contributed by atoms with van der Waals surface area (Å²) >= 11 is 0. The monoisotopic (exact) mass is 483 g/mol. The van der Waals surface area contributed by atoms with E-state index in [2.05, 4.69) is 5.32 Å². The number of nitrogen functional groups attached to an aromatic ring is 1. The van der Waals surface area contributed by atoms with Crippen LogP contribution in [0.4, 0.5) is 5.69 Å². The molecule has 4 rings (SSSR count). The van der Waals surface area contributed by atoms with Gasteiger partial charge in [-0.3, -0.25) is 10.2 Å². The van der Waals surface area contributed by atoms with Gasteiger partial charge in [0.1, 0.15) is 5.84 Å². The normalized spacial score (nSPS) is 11.1. The molecule has 0 saturated carbocycles. The van der Waals surface area contributed by atoms with Crippen molar-refractivity contribution in [1.29, 1.82) is 5.41 Å². The van der Waals surface area contributed by atoms with E-state index in [9.17, 15) is 13.2 Å². The highest BCUT2D eigenvalue weighted by atomic mass is 32.2. The van der Waals surface area contributed by atoms with Crippen LogP contribution in [0.15, 0.2) is 107 Å². The van der Waals surface area contributed by atoms with E-state index in [0.29, 0.717) is 16.7 Å². The fourth-order valence-corrected chi connectivity index (χ4v) is 5.23.